The summed E-state index contributed by atoms with van der Waals surface area (Å²) in [7, 11) is 3.14. The van der Waals surface area contributed by atoms with Crippen LogP contribution in [0.25, 0.3) is 0 Å². The Bertz CT molecular complexity index is 1020. The first-order valence-electron chi connectivity index (χ1n) is 9.12. The van der Waals surface area contributed by atoms with E-state index in [2.05, 4.69) is 10.5 Å². The molecular weight excluding hydrogens is 420 g/mol. The summed E-state index contributed by atoms with van der Waals surface area (Å²) >= 11 is 7.62. The van der Waals surface area contributed by atoms with Crippen molar-refractivity contribution in [3.05, 3.63) is 88.4 Å². The molecule has 1 N–H and O–H groups in total. The minimum Gasteiger partial charge on any atom is -0.493 e. The monoisotopic (exact) mass is 440 g/mol. The maximum Gasteiger partial charge on any atom is 0.271 e. The number of hydrogen-bond acceptors (Lipinski definition) is 5. The Hall–Kier alpha value is -2.96. The van der Waals surface area contributed by atoms with Crippen LogP contribution in [0.3, 0.4) is 0 Å². The summed E-state index contributed by atoms with van der Waals surface area (Å²) in [5.74, 6) is 1.76. The molecule has 3 rings (SSSR count). The number of methoxy groups -OCH3 is 2. The van der Waals surface area contributed by atoms with Crippen molar-refractivity contribution in [3.8, 4) is 11.5 Å². The van der Waals surface area contributed by atoms with Crippen LogP contribution in [-0.4, -0.2) is 26.3 Å². The van der Waals surface area contributed by atoms with Crippen molar-refractivity contribution in [3.63, 3.8) is 0 Å². The van der Waals surface area contributed by atoms with Crippen LogP contribution in [0.5, 0.6) is 11.5 Å². The second kappa shape index (κ2) is 10.7. The molecule has 0 saturated carbocycles. The van der Waals surface area contributed by atoms with Gasteiger partial charge in [0.15, 0.2) is 11.5 Å². The molecule has 30 heavy (non-hydrogen) atoms. The third-order valence-electron chi connectivity index (χ3n) is 4.22. The van der Waals surface area contributed by atoms with E-state index in [-0.39, 0.29) is 5.91 Å². The molecule has 0 saturated heterocycles. The lowest BCUT2D eigenvalue weighted by atomic mass is 10.1. The lowest BCUT2D eigenvalue weighted by molar-refractivity contribution is 0.0955. The summed E-state index contributed by atoms with van der Waals surface area (Å²) in [5.41, 5.74) is 4.98. The topological polar surface area (TPSA) is 59.9 Å². The van der Waals surface area contributed by atoms with Crippen molar-refractivity contribution in [1.29, 1.82) is 0 Å². The highest BCUT2D eigenvalue weighted by Crippen LogP contribution is 2.27. The van der Waals surface area contributed by atoms with Crippen molar-refractivity contribution in [2.75, 3.05) is 14.2 Å². The Labute approximate surface area is 185 Å². The first kappa shape index (κ1) is 21.7. The zero-order valence-corrected chi connectivity index (χ0v) is 18.2. The molecule has 0 aliphatic heterocycles. The predicted octanol–water partition coefficient (Wildman–Crippen LogP) is 5.41. The van der Waals surface area contributed by atoms with Crippen molar-refractivity contribution in [1.82, 2.24) is 5.43 Å². The molecule has 0 aromatic heterocycles. The molecule has 0 heterocycles. The molecule has 0 bridgehead atoms. The highest BCUT2D eigenvalue weighted by atomic mass is 35.5. The quantitative estimate of drug-likeness (QED) is 0.289. The van der Waals surface area contributed by atoms with E-state index in [1.54, 1.807) is 56.5 Å². The number of thioether (sulfide) groups is 1. The number of benzene rings is 3. The number of nitrogens with one attached hydrogen (secondary N) is 1. The molecule has 0 aliphatic rings. The Kier molecular flexibility index (Phi) is 7.76. The normalized spacial score (nSPS) is 10.8. The van der Waals surface area contributed by atoms with Gasteiger partial charge >= 0.3 is 0 Å². The van der Waals surface area contributed by atoms with Crippen LogP contribution in [0, 0.1) is 0 Å². The molecule has 0 aliphatic carbocycles. The van der Waals surface area contributed by atoms with Gasteiger partial charge in [-0.15, -0.1) is 11.8 Å². The van der Waals surface area contributed by atoms with Crippen LogP contribution in [0.2, 0.25) is 5.02 Å². The molecular formula is C23H21ClN2O3S. The Morgan fingerprint density at radius 3 is 2.37 bits per heavy atom. The van der Waals surface area contributed by atoms with E-state index in [1.807, 2.05) is 42.5 Å². The van der Waals surface area contributed by atoms with Gasteiger partial charge < -0.3 is 9.47 Å². The van der Waals surface area contributed by atoms with Gasteiger partial charge in [-0.3, -0.25) is 4.79 Å². The number of nitrogens with zero attached hydrogens (tertiary/aromatic N) is 1. The number of halogens is 1. The van der Waals surface area contributed by atoms with Crippen LogP contribution in [0.15, 0.2) is 76.7 Å². The molecule has 0 radical (unpaired) electrons. The molecule has 3 aromatic carbocycles. The van der Waals surface area contributed by atoms with E-state index < -0.39 is 0 Å². The smallest absolute Gasteiger partial charge is 0.271 e. The van der Waals surface area contributed by atoms with Crippen LogP contribution in [0.1, 0.15) is 21.5 Å². The predicted molar refractivity (Wildman–Crippen MR) is 122 cm³/mol. The van der Waals surface area contributed by atoms with E-state index in [9.17, 15) is 4.79 Å². The molecule has 0 unspecified atom stereocenters. The fraction of sp³-hybridized carbons (Fsp3) is 0.130. The van der Waals surface area contributed by atoms with Gasteiger partial charge in [-0.2, -0.15) is 5.10 Å². The zero-order valence-electron chi connectivity index (χ0n) is 16.6. The average Bonchev–Trinajstić information content (AvgIpc) is 2.78. The number of rotatable bonds is 8. The second-order valence-corrected chi connectivity index (χ2v) is 7.74. The molecule has 154 valence electrons. The van der Waals surface area contributed by atoms with E-state index in [1.165, 1.54) is 0 Å². The summed E-state index contributed by atoms with van der Waals surface area (Å²) in [6, 6.07) is 20.6. The Balaban J connectivity index is 1.54. The lowest BCUT2D eigenvalue weighted by Crippen LogP contribution is -2.17. The van der Waals surface area contributed by atoms with Crippen molar-refractivity contribution in [2.24, 2.45) is 5.10 Å². The SMILES string of the molecule is COc1ccc(/C=N\NC(=O)c2ccc(CSc3ccc(Cl)cc3)cc2)cc1OC. The number of amides is 1. The number of hydrazone groups is 1. The number of carbonyl (C=O) groups is 1. The molecule has 0 atom stereocenters. The van der Waals surface area contributed by atoms with Gasteiger partial charge in [0.05, 0.1) is 20.4 Å². The summed E-state index contributed by atoms with van der Waals surface area (Å²) in [5, 5.41) is 4.74. The van der Waals surface area contributed by atoms with E-state index in [0.717, 1.165) is 26.8 Å². The highest BCUT2D eigenvalue weighted by molar-refractivity contribution is 7.98. The fourth-order valence-electron chi connectivity index (χ4n) is 2.61. The molecule has 1 amide bonds. The van der Waals surface area contributed by atoms with E-state index in [0.29, 0.717) is 17.1 Å². The third kappa shape index (κ3) is 6.02. The van der Waals surface area contributed by atoms with Crippen LogP contribution in [-0.2, 0) is 5.75 Å². The van der Waals surface area contributed by atoms with E-state index in [4.69, 9.17) is 21.1 Å². The summed E-state index contributed by atoms with van der Waals surface area (Å²) < 4.78 is 10.5. The highest BCUT2D eigenvalue weighted by Gasteiger charge is 2.06. The van der Waals surface area contributed by atoms with Gasteiger partial charge in [0.1, 0.15) is 0 Å². The van der Waals surface area contributed by atoms with Gasteiger partial charge in [0.25, 0.3) is 5.91 Å². The van der Waals surface area contributed by atoms with Crippen LogP contribution >= 0.6 is 23.4 Å². The minimum absolute atomic E-state index is 0.274. The van der Waals surface area contributed by atoms with Crippen LogP contribution in [0.4, 0.5) is 0 Å². The number of hydrogen-bond donors (Lipinski definition) is 1. The zero-order chi connectivity index (χ0) is 21.3. The molecule has 5 nitrogen and oxygen atoms in total. The van der Waals surface area contributed by atoms with Crippen molar-refractivity contribution < 1.29 is 14.3 Å². The first-order valence-corrected chi connectivity index (χ1v) is 10.5. The summed E-state index contributed by atoms with van der Waals surface area (Å²) in [6.07, 6.45) is 1.55. The summed E-state index contributed by atoms with van der Waals surface area (Å²) in [6.45, 7) is 0. The second-order valence-electron chi connectivity index (χ2n) is 6.25. The first-order chi connectivity index (χ1) is 14.6. The lowest BCUT2D eigenvalue weighted by Gasteiger charge is -2.07. The van der Waals surface area contributed by atoms with Crippen molar-refractivity contribution in [2.45, 2.75) is 10.6 Å². The Morgan fingerprint density at radius 2 is 1.70 bits per heavy atom. The van der Waals surface area contributed by atoms with Gasteiger partial charge in [-0.05, 0) is 65.7 Å². The molecule has 3 aromatic rings. The maximum absolute atomic E-state index is 12.3. The molecule has 7 heteroatoms. The van der Waals surface area contributed by atoms with E-state index >= 15 is 0 Å². The van der Waals surface area contributed by atoms with Crippen LogP contribution < -0.4 is 14.9 Å². The number of carbonyl (C=O) groups excluding carboxylic acids is 1. The van der Waals surface area contributed by atoms with Gasteiger partial charge in [-0.25, -0.2) is 5.43 Å². The summed E-state index contributed by atoms with van der Waals surface area (Å²) in [4.78, 5) is 13.4. The number of ether oxygens (including phenoxy) is 2. The average molecular weight is 441 g/mol. The largest absolute Gasteiger partial charge is 0.493 e. The van der Waals surface area contributed by atoms with Gasteiger partial charge in [-0.1, -0.05) is 23.7 Å². The maximum atomic E-state index is 12.3. The molecule has 0 spiro atoms. The van der Waals surface area contributed by atoms with Gasteiger partial charge in [0, 0.05) is 21.2 Å². The molecule has 0 fully saturated rings. The minimum atomic E-state index is -0.274. The fourth-order valence-corrected chi connectivity index (χ4v) is 3.59. The standard InChI is InChI=1S/C23H21ClN2O3S/c1-28-21-12-5-17(13-22(21)29-2)14-25-26-23(27)18-6-3-16(4-7-18)15-30-20-10-8-19(24)9-11-20/h3-14H,15H2,1-2H3,(H,26,27)/b25-14-. The third-order valence-corrected chi connectivity index (χ3v) is 5.56. The van der Waals surface area contributed by atoms with Gasteiger partial charge in [0.2, 0.25) is 0 Å². The Morgan fingerprint density at radius 1 is 1.00 bits per heavy atom. The van der Waals surface area contributed by atoms with Crippen molar-refractivity contribution >= 4 is 35.5 Å².